The van der Waals surface area contributed by atoms with Gasteiger partial charge < -0.3 is 19.5 Å². The number of methoxy groups -OCH3 is 1. The number of nitrogens with one attached hydrogen (secondary N) is 1. The predicted octanol–water partition coefficient (Wildman–Crippen LogP) is 3.00. The number of morpholine rings is 1. The Morgan fingerprint density at radius 3 is 2.48 bits per heavy atom. The average molecular weight is 399 g/mol. The third kappa shape index (κ3) is 6.48. The largest absolute Gasteiger partial charge is 0.497 e. The fraction of sp³-hybridized carbons (Fsp3) is 0.435. The van der Waals surface area contributed by atoms with Crippen molar-refractivity contribution in [3.05, 3.63) is 59.7 Å². The molecular formula is C23H30N2O4. The summed E-state index contributed by atoms with van der Waals surface area (Å²) in [5.74, 6) is 1.21. The van der Waals surface area contributed by atoms with E-state index < -0.39 is 6.10 Å². The number of nitrogens with zero attached hydrogens (tertiary/aromatic N) is 1. The molecule has 1 fully saturated rings. The normalized spacial score (nSPS) is 15.5. The van der Waals surface area contributed by atoms with Gasteiger partial charge in [0.15, 0.2) is 6.10 Å². The van der Waals surface area contributed by atoms with E-state index in [1.165, 1.54) is 5.56 Å². The molecule has 29 heavy (non-hydrogen) atoms. The molecule has 1 atom stereocenters. The Balaban J connectivity index is 1.49. The first-order chi connectivity index (χ1) is 14.2. The van der Waals surface area contributed by atoms with Gasteiger partial charge in [0.25, 0.3) is 5.91 Å². The van der Waals surface area contributed by atoms with Crippen LogP contribution in [0.1, 0.15) is 24.5 Å². The number of carbonyl (C=O) groups excluding carboxylic acids is 1. The van der Waals surface area contributed by atoms with Crippen molar-refractivity contribution in [1.29, 1.82) is 0 Å². The number of hydrogen-bond acceptors (Lipinski definition) is 5. The second kappa shape index (κ2) is 10.8. The fourth-order valence-electron chi connectivity index (χ4n) is 3.24. The highest BCUT2D eigenvalue weighted by Crippen LogP contribution is 2.20. The summed E-state index contributed by atoms with van der Waals surface area (Å²) in [5, 5.41) is 2.98. The molecule has 0 unspecified atom stereocenters. The topological polar surface area (TPSA) is 60.0 Å². The molecule has 1 saturated heterocycles. The van der Waals surface area contributed by atoms with Gasteiger partial charge in [0, 0.05) is 32.2 Å². The zero-order valence-electron chi connectivity index (χ0n) is 17.2. The molecule has 6 nitrogen and oxygen atoms in total. The monoisotopic (exact) mass is 398 g/mol. The van der Waals surface area contributed by atoms with E-state index >= 15 is 0 Å². The first-order valence-electron chi connectivity index (χ1n) is 10.1. The average Bonchev–Trinajstić information content (AvgIpc) is 2.77. The lowest BCUT2D eigenvalue weighted by Crippen LogP contribution is -2.37. The van der Waals surface area contributed by atoms with Crippen LogP contribution in [0.25, 0.3) is 0 Å². The molecule has 2 aromatic carbocycles. The molecule has 3 rings (SSSR count). The number of ether oxygens (including phenoxy) is 3. The van der Waals surface area contributed by atoms with Crippen LogP contribution in [0.3, 0.4) is 0 Å². The molecule has 0 saturated carbocycles. The van der Waals surface area contributed by atoms with Crippen LogP contribution in [0.15, 0.2) is 48.5 Å². The number of benzene rings is 2. The zero-order valence-corrected chi connectivity index (χ0v) is 17.2. The van der Waals surface area contributed by atoms with Crippen LogP contribution in [0, 0.1) is 0 Å². The van der Waals surface area contributed by atoms with Gasteiger partial charge in [0.1, 0.15) is 11.5 Å². The molecule has 0 aromatic heterocycles. The van der Waals surface area contributed by atoms with Gasteiger partial charge in [-0.15, -0.1) is 0 Å². The number of rotatable bonds is 9. The van der Waals surface area contributed by atoms with E-state index in [1.807, 2.05) is 25.1 Å². The van der Waals surface area contributed by atoms with Crippen molar-refractivity contribution < 1.29 is 19.0 Å². The Hall–Kier alpha value is -2.57. The minimum absolute atomic E-state index is 0.118. The molecule has 0 aliphatic carbocycles. The fourth-order valence-corrected chi connectivity index (χ4v) is 3.24. The third-order valence-corrected chi connectivity index (χ3v) is 4.98. The Bertz CT molecular complexity index is 773. The molecule has 6 heteroatoms. The van der Waals surface area contributed by atoms with Gasteiger partial charge in [-0.2, -0.15) is 0 Å². The van der Waals surface area contributed by atoms with Gasteiger partial charge >= 0.3 is 0 Å². The van der Waals surface area contributed by atoms with Crippen LogP contribution in [0.5, 0.6) is 11.5 Å². The zero-order chi connectivity index (χ0) is 20.5. The molecular weight excluding hydrogens is 368 g/mol. The highest BCUT2D eigenvalue weighted by Gasteiger charge is 2.18. The molecule has 1 aliphatic heterocycles. The van der Waals surface area contributed by atoms with Crippen LogP contribution in [0.2, 0.25) is 0 Å². The maximum atomic E-state index is 12.6. The summed E-state index contributed by atoms with van der Waals surface area (Å²) in [5.41, 5.74) is 2.34. The maximum absolute atomic E-state index is 12.6. The molecule has 1 aliphatic rings. The summed E-state index contributed by atoms with van der Waals surface area (Å²) in [7, 11) is 1.61. The van der Waals surface area contributed by atoms with E-state index in [0.717, 1.165) is 38.4 Å². The van der Waals surface area contributed by atoms with Crippen LogP contribution < -0.4 is 14.8 Å². The molecule has 1 amide bonds. The van der Waals surface area contributed by atoms with Crippen LogP contribution >= 0.6 is 0 Å². The van der Waals surface area contributed by atoms with Crippen molar-refractivity contribution in [3.8, 4) is 11.5 Å². The molecule has 0 radical (unpaired) electrons. The van der Waals surface area contributed by atoms with Gasteiger partial charge in [-0.25, -0.2) is 0 Å². The number of carbonyl (C=O) groups is 1. The van der Waals surface area contributed by atoms with Crippen molar-refractivity contribution in [3.63, 3.8) is 0 Å². The highest BCUT2D eigenvalue weighted by atomic mass is 16.5. The van der Waals surface area contributed by atoms with Crippen molar-refractivity contribution in [2.45, 2.75) is 32.5 Å². The van der Waals surface area contributed by atoms with Crippen molar-refractivity contribution in [2.75, 3.05) is 33.4 Å². The van der Waals surface area contributed by atoms with E-state index in [1.54, 1.807) is 13.2 Å². The molecule has 0 spiro atoms. The summed E-state index contributed by atoms with van der Waals surface area (Å²) in [6.07, 6.45) is 0.0457. The lowest BCUT2D eigenvalue weighted by molar-refractivity contribution is -0.128. The second-order valence-corrected chi connectivity index (χ2v) is 7.12. The van der Waals surface area contributed by atoms with Crippen LogP contribution in [-0.4, -0.2) is 50.3 Å². The Labute approximate surface area is 172 Å². The molecule has 0 bridgehead atoms. The van der Waals surface area contributed by atoms with Gasteiger partial charge in [0.2, 0.25) is 0 Å². The first kappa shape index (κ1) is 21.1. The SMILES string of the molecule is CC[C@@H](Oc1cccc(OC)c1)C(=O)NCc1ccc(CN2CCOCC2)cc1. The summed E-state index contributed by atoms with van der Waals surface area (Å²) < 4.78 is 16.4. The lowest BCUT2D eigenvalue weighted by Gasteiger charge is -2.26. The smallest absolute Gasteiger partial charge is 0.261 e. The molecule has 156 valence electrons. The molecule has 1 heterocycles. The quantitative estimate of drug-likeness (QED) is 0.704. The van der Waals surface area contributed by atoms with Crippen LogP contribution in [-0.2, 0) is 22.6 Å². The van der Waals surface area contributed by atoms with Gasteiger partial charge in [0.05, 0.1) is 20.3 Å². The minimum atomic E-state index is -0.539. The first-order valence-corrected chi connectivity index (χ1v) is 10.1. The number of amides is 1. The van der Waals surface area contributed by atoms with E-state index in [-0.39, 0.29) is 5.91 Å². The lowest BCUT2D eigenvalue weighted by atomic mass is 10.1. The van der Waals surface area contributed by atoms with Gasteiger partial charge in [-0.05, 0) is 29.7 Å². The van der Waals surface area contributed by atoms with Crippen LogP contribution in [0.4, 0.5) is 0 Å². The van der Waals surface area contributed by atoms with Crippen molar-refractivity contribution >= 4 is 5.91 Å². The molecule has 2 aromatic rings. The van der Waals surface area contributed by atoms with E-state index in [4.69, 9.17) is 14.2 Å². The van der Waals surface area contributed by atoms with E-state index in [0.29, 0.717) is 24.5 Å². The van der Waals surface area contributed by atoms with Crippen molar-refractivity contribution in [1.82, 2.24) is 10.2 Å². The maximum Gasteiger partial charge on any atom is 0.261 e. The standard InChI is InChI=1S/C23H30N2O4/c1-3-22(29-21-6-4-5-20(15-21)27-2)23(26)24-16-18-7-9-19(10-8-18)17-25-11-13-28-14-12-25/h4-10,15,22H,3,11-14,16-17H2,1-2H3,(H,24,26)/t22-/m1/s1. The minimum Gasteiger partial charge on any atom is -0.497 e. The Morgan fingerprint density at radius 2 is 1.79 bits per heavy atom. The van der Waals surface area contributed by atoms with Gasteiger partial charge in [-0.1, -0.05) is 37.3 Å². The van der Waals surface area contributed by atoms with E-state index in [9.17, 15) is 4.79 Å². The summed E-state index contributed by atoms with van der Waals surface area (Å²) in [6.45, 7) is 6.91. The molecule has 1 N–H and O–H groups in total. The second-order valence-electron chi connectivity index (χ2n) is 7.12. The Kier molecular flexibility index (Phi) is 7.90. The van der Waals surface area contributed by atoms with Crippen molar-refractivity contribution in [2.24, 2.45) is 0 Å². The summed E-state index contributed by atoms with van der Waals surface area (Å²) >= 11 is 0. The predicted molar refractivity (Wildman–Crippen MR) is 112 cm³/mol. The summed E-state index contributed by atoms with van der Waals surface area (Å²) in [6, 6.07) is 15.7. The summed E-state index contributed by atoms with van der Waals surface area (Å²) in [4.78, 5) is 14.9. The van der Waals surface area contributed by atoms with E-state index in [2.05, 4.69) is 34.5 Å². The third-order valence-electron chi connectivity index (χ3n) is 4.98. The highest BCUT2D eigenvalue weighted by molar-refractivity contribution is 5.81. The van der Waals surface area contributed by atoms with Gasteiger partial charge in [-0.3, -0.25) is 9.69 Å². The Morgan fingerprint density at radius 1 is 1.10 bits per heavy atom. The number of hydrogen-bond donors (Lipinski definition) is 1.